The van der Waals surface area contributed by atoms with Gasteiger partial charge in [0.25, 0.3) is 0 Å². The Hall–Kier alpha value is -2.70. The molecule has 7 nitrogen and oxygen atoms in total. The number of aromatic amines is 1. The summed E-state index contributed by atoms with van der Waals surface area (Å²) in [4.78, 5) is 12.0. The van der Waals surface area contributed by atoms with Crippen molar-refractivity contribution in [1.82, 2.24) is 15.5 Å². The van der Waals surface area contributed by atoms with Crippen LogP contribution in [0.25, 0.3) is 0 Å². The Morgan fingerprint density at radius 2 is 2.12 bits per heavy atom. The molecule has 0 radical (unpaired) electrons. The maximum Gasteiger partial charge on any atom is 0.319 e. The minimum absolute atomic E-state index is 0.179. The van der Waals surface area contributed by atoms with Gasteiger partial charge in [-0.1, -0.05) is 6.07 Å². The van der Waals surface area contributed by atoms with Gasteiger partial charge < -0.3 is 20.1 Å². The second-order valence-electron chi connectivity index (χ2n) is 6.24. The van der Waals surface area contributed by atoms with E-state index in [4.69, 9.17) is 9.47 Å². The number of benzene rings is 1. The summed E-state index contributed by atoms with van der Waals surface area (Å²) in [7, 11) is 1.63. The minimum Gasteiger partial charge on any atom is -0.493 e. The maximum absolute atomic E-state index is 12.0. The van der Waals surface area contributed by atoms with Gasteiger partial charge in [-0.15, -0.1) is 0 Å². The number of amides is 2. The number of hydrogen-bond acceptors (Lipinski definition) is 4. The van der Waals surface area contributed by atoms with Crippen LogP contribution in [0, 0.1) is 0 Å². The third-order valence-corrected chi connectivity index (χ3v) is 4.39. The number of carbonyl (C=O) groups excluding carboxylic acids is 1. The monoisotopic (exact) mass is 344 g/mol. The van der Waals surface area contributed by atoms with Crippen molar-refractivity contribution < 1.29 is 14.3 Å². The topological polar surface area (TPSA) is 88.3 Å². The zero-order chi connectivity index (χ0) is 17.6. The SMILES string of the molecule is COc1cc([C@@H](C)NC(=O)Nc2cn[nH]c2)ccc1OC1CCCC1. The van der Waals surface area contributed by atoms with E-state index in [-0.39, 0.29) is 18.2 Å². The van der Waals surface area contributed by atoms with Crippen LogP contribution < -0.4 is 20.1 Å². The second kappa shape index (κ2) is 7.92. The molecule has 1 aliphatic rings. The number of ether oxygens (including phenoxy) is 2. The molecule has 7 heteroatoms. The molecule has 3 rings (SSSR count). The molecule has 1 aliphatic carbocycles. The quantitative estimate of drug-likeness (QED) is 0.747. The first-order chi connectivity index (χ1) is 12.2. The molecule has 25 heavy (non-hydrogen) atoms. The fourth-order valence-corrected chi connectivity index (χ4v) is 3.00. The molecule has 1 aromatic carbocycles. The van der Waals surface area contributed by atoms with Crippen LogP contribution >= 0.6 is 0 Å². The molecule has 2 aromatic rings. The van der Waals surface area contributed by atoms with Crippen molar-refractivity contribution in [3.05, 3.63) is 36.2 Å². The van der Waals surface area contributed by atoms with Crippen LogP contribution in [-0.4, -0.2) is 29.4 Å². The third kappa shape index (κ3) is 4.43. The number of carbonyl (C=O) groups is 1. The van der Waals surface area contributed by atoms with Crippen molar-refractivity contribution in [3.8, 4) is 11.5 Å². The smallest absolute Gasteiger partial charge is 0.319 e. The Bertz CT molecular complexity index is 696. The van der Waals surface area contributed by atoms with Crippen LogP contribution in [0.1, 0.15) is 44.2 Å². The number of nitrogens with one attached hydrogen (secondary N) is 3. The van der Waals surface area contributed by atoms with E-state index in [1.165, 1.54) is 12.8 Å². The predicted molar refractivity (Wildman–Crippen MR) is 95.0 cm³/mol. The van der Waals surface area contributed by atoms with Gasteiger partial charge in [-0.2, -0.15) is 5.10 Å². The van der Waals surface area contributed by atoms with Crippen LogP contribution in [0.5, 0.6) is 11.5 Å². The summed E-state index contributed by atoms with van der Waals surface area (Å²) in [5, 5.41) is 12.0. The highest BCUT2D eigenvalue weighted by Gasteiger charge is 2.19. The van der Waals surface area contributed by atoms with Crippen molar-refractivity contribution in [3.63, 3.8) is 0 Å². The Balaban J connectivity index is 1.63. The molecule has 2 amide bonds. The second-order valence-corrected chi connectivity index (χ2v) is 6.24. The van der Waals surface area contributed by atoms with Gasteiger partial charge >= 0.3 is 6.03 Å². The summed E-state index contributed by atoms with van der Waals surface area (Å²) in [6.45, 7) is 1.92. The van der Waals surface area contributed by atoms with Crippen LogP contribution in [-0.2, 0) is 0 Å². The lowest BCUT2D eigenvalue weighted by molar-refractivity contribution is 0.200. The highest BCUT2D eigenvalue weighted by molar-refractivity contribution is 5.89. The van der Waals surface area contributed by atoms with Gasteiger partial charge in [0.1, 0.15) is 0 Å². The summed E-state index contributed by atoms with van der Waals surface area (Å²) in [5.74, 6) is 1.45. The highest BCUT2D eigenvalue weighted by Crippen LogP contribution is 2.33. The molecule has 0 spiro atoms. The number of methoxy groups -OCH3 is 1. The fourth-order valence-electron chi connectivity index (χ4n) is 3.00. The average molecular weight is 344 g/mol. The van der Waals surface area contributed by atoms with Gasteiger partial charge in [0.15, 0.2) is 11.5 Å². The molecule has 0 aliphatic heterocycles. The van der Waals surface area contributed by atoms with Gasteiger partial charge in [0.2, 0.25) is 0 Å². The highest BCUT2D eigenvalue weighted by atomic mass is 16.5. The fraction of sp³-hybridized carbons (Fsp3) is 0.444. The zero-order valence-corrected chi connectivity index (χ0v) is 14.5. The van der Waals surface area contributed by atoms with Crippen LogP contribution in [0.15, 0.2) is 30.6 Å². The summed E-state index contributed by atoms with van der Waals surface area (Å²) < 4.78 is 11.5. The Kier molecular flexibility index (Phi) is 5.42. The summed E-state index contributed by atoms with van der Waals surface area (Å²) in [6, 6.07) is 5.31. The van der Waals surface area contributed by atoms with Crippen molar-refractivity contribution >= 4 is 11.7 Å². The van der Waals surface area contributed by atoms with Crippen LogP contribution in [0.4, 0.5) is 10.5 Å². The summed E-state index contributed by atoms with van der Waals surface area (Å²) >= 11 is 0. The standard InChI is InChI=1S/C18H24N4O3/c1-12(21-18(23)22-14-10-19-20-11-14)13-7-8-16(17(9-13)24-2)25-15-5-3-4-6-15/h7-12,15H,3-6H2,1-2H3,(H,19,20)(H2,21,22,23)/t12-/m1/s1. The lowest BCUT2D eigenvalue weighted by Crippen LogP contribution is -2.31. The van der Waals surface area contributed by atoms with E-state index in [9.17, 15) is 4.79 Å². The molecule has 0 unspecified atom stereocenters. The molecular weight excluding hydrogens is 320 g/mol. The molecule has 0 bridgehead atoms. The Morgan fingerprint density at radius 3 is 2.80 bits per heavy atom. The third-order valence-electron chi connectivity index (χ3n) is 4.39. The molecule has 3 N–H and O–H groups in total. The first-order valence-electron chi connectivity index (χ1n) is 8.56. The van der Waals surface area contributed by atoms with Gasteiger partial charge in [0.05, 0.1) is 31.1 Å². The van der Waals surface area contributed by atoms with Gasteiger partial charge in [-0.05, 0) is 50.3 Å². The van der Waals surface area contributed by atoms with Gasteiger partial charge in [0, 0.05) is 6.20 Å². The molecule has 1 atom stereocenters. The molecule has 134 valence electrons. The van der Waals surface area contributed by atoms with E-state index in [0.717, 1.165) is 24.2 Å². The van der Waals surface area contributed by atoms with Crippen molar-refractivity contribution in [2.75, 3.05) is 12.4 Å². The number of urea groups is 1. The number of anilines is 1. The average Bonchev–Trinajstić information content (AvgIpc) is 3.29. The lowest BCUT2D eigenvalue weighted by Gasteiger charge is -2.19. The molecular formula is C18H24N4O3. The number of nitrogens with zero attached hydrogens (tertiary/aromatic N) is 1. The Morgan fingerprint density at radius 1 is 1.32 bits per heavy atom. The van der Waals surface area contributed by atoms with Crippen molar-refractivity contribution in [2.45, 2.75) is 44.8 Å². The van der Waals surface area contributed by atoms with Gasteiger partial charge in [-0.3, -0.25) is 5.10 Å². The van der Waals surface area contributed by atoms with Gasteiger partial charge in [-0.25, -0.2) is 4.79 Å². The number of rotatable bonds is 6. The first-order valence-corrected chi connectivity index (χ1v) is 8.56. The number of H-pyrrole nitrogens is 1. The summed E-state index contributed by atoms with van der Waals surface area (Å²) in [5.41, 5.74) is 1.56. The van der Waals surface area contributed by atoms with Crippen LogP contribution in [0.2, 0.25) is 0 Å². The predicted octanol–water partition coefficient (Wildman–Crippen LogP) is 3.62. The number of hydrogen-bond donors (Lipinski definition) is 3. The molecule has 1 aromatic heterocycles. The van der Waals surface area contributed by atoms with Crippen molar-refractivity contribution in [1.29, 1.82) is 0 Å². The van der Waals surface area contributed by atoms with E-state index in [1.807, 2.05) is 25.1 Å². The molecule has 0 saturated heterocycles. The maximum atomic E-state index is 12.0. The lowest BCUT2D eigenvalue weighted by atomic mass is 10.1. The normalized spacial score (nSPS) is 15.6. The van der Waals surface area contributed by atoms with E-state index in [0.29, 0.717) is 11.4 Å². The number of aromatic nitrogens is 2. The van der Waals surface area contributed by atoms with E-state index in [1.54, 1.807) is 19.5 Å². The minimum atomic E-state index is -0.292. The Labute approximate surface area is 147 Å². The van der Waals surface area contributed by atoms with Crippen molar-refractivity contribution in [2.24, 2.45) is 0 Å². The zero-order valence-electron chi connectivity index (χ0n) is 14.5. The molecule has 1 heterocycles. The van der Waals surface area contributed by atoms with Crippen LogP contribution in [0.3, 0.4) is 0 Å². The van der Waals surface area contributed by atoms with E-state index >= 15 is 0 Å². The largest absolute Gasteiger partial charge is 0.493 e. The first kappa shape index (κ1) is 17.1. The van der Waals surface area contributed by atoms with E-state index < -0.39 is 0 Å². The molecule has 1 fully saturated rings. The molecule has 1 saturated carbocycles. The van der Waals surface area contributed by atoms with E-state index in [2.05, 4.69) is 20.8 Å². The summed E-state index contributed by atoms with van der Waals surface area (Å²) in [6.07, 6.45) is 8.06.